The summed E-state index contributed by atoms with van der Waals surface area (Å²) in [6.45, 7) is 4.28. The number of nitrogens with one attached hydrogen (secondary N) is 1. The monoisotopic (exact) mass is 331 g/mol. The van der Waals surface area contributed by atoms with Crippen molar-refractivity contribution in [2.45, 2.75) is 25.1 Å². The summed E-state index contributed by atoms with van der Waals surface area (Å²) in [4.78, 5) is 12.1. The van der Waals surface area contributed by atoms with Gasteiger partial charge in [-0.2, -0.15) is 0 Å². The highest BCUT2D eigenvalue weighted by Gasteiger charge is 2.07. The molecule has 2 aromatic carbocycles. The summed E-state index contributed by atoms with van der Waals surface area (Å²) in [7, 11) is 0. The van der Waals surface area contributed by atoms with Crippen molar-refractivity contribution in [3.63, 3.8) is 0 Å². The van der Waals surface area contributed by atoms with Crippen LogP contribution in [0.4, 0.5) is 5.69 Å². The number of carbonyl (C=O) groups excluding carboxylic acids is 1. The van der Waals surface area contributed by atoms with E-state index < -0.39 is 0 Å². The van der Waals surface area contributed by atoms with Gasteiger partial charge in [0, 0.05) is 16.6 Å². The van der Waals surface area contributed by atoms with E-state index in [0.717, 1.165) is 11.0 Å². The van der Waals surface area contributed by atoms with Gasteiger partial charge in [0.15, 0.2) is 0 Å². The van der Waals surface area contributed by atoms with Gasteiger partial charge < -0.3 is 5.32 Å². The number of alkyl halides is 1. The number of anilines is 1. The van der Waals surface area contributed by atoms with Crippen LogP contribution in [0.2, 0.25) is 0 Å². The topological polar surface area (TPSA) is 29.1 Å². The molecule has 2 aromatic rings. The van der Waals surface area contributed by atoms with E-state index in [9.17, 15) is 4.79 Å². The number of hydrogen-bond acceptors (Lipinski definition) is 1. The van der Waals surface area contributed by atoms with Crippen LogP contribution in [0.1, 0.15) is 41.3 Å². The van der Waals surface area contributed by atoms with Crippen molar-refractivity contribution >= 4 is 27.5 Å². The molecule has 0 radical (unpaired) electrons. The molecule has 104 valence electrons. The lowest BCUT2D eigenvalue weighted by Gasteiger charge is -2.08. The number of amides is 1. The average molecular weight is 332 g/mol. The van der Waals surface area contributed by atoms with Crippen molar-refractivity contribution < 1.29 is 4.79 Å². The molecule has 1 amide bonds. The van der Waals surface area contributed by atoms with Crippen molar-refractivity contribution in [3.05, 3.63) is 65.2 Å². The minimum absolute atomic E-state index is 0.0769. The summed E-state index contributed by atoms with van der Waals surface area (Å²) in [5, 5.41) is 3.72. The number of benzene rings is 2. The predicted molar refractivity (Wildman–Crippen MR) is 87.6 cm³/mol. The molecule has 0 aliphatic carbocycles. The first-order valence-electron chi connectivity index (χ1n) is 6.66. The number of rotatable bonds is 4. The third-order valence-corrected chi connectivity index (χ3v) is 3.85. The summed E-state index contributed by atoms with van der Waals surface area (Å²) < 4.78 is 0. The standard InChI is InChI=1S/C17H18BrNO/c1-12(2)14-5-7-15(8-6-14)17(20)19-16-9-3-13(11-18)4-10-16/h3-10,12H,11H2,1-2H3,(H,19,20). The second-order valence-corrected chi connectivity index (χ2v) is 5.62. The van der Waals surface area contributed by atoms with Crippen LogP contribution in [0.3, 0.4) is 0 Å². The molecule has 0 heterocycles. The number of hydrogen-bond donors (Lipinski definition) is 1. The largest absolute Gasteiger partial charge is 0.322 e. The highest BCUT2D eigenvalue weighted by Crippen LogP contribution is 2.16. The molecule has 2 rings (SSSR count). The molecule has 2 nitrogen and oxygen atoms in total. The maximum Gasteiger partial charge on any atom is 0.255 e. The fraction of sp³-hybridized carbons (Fsp3) is 0.235. The third kappa shape index (κ3) is 3.70. The Balaban J connectivity index is 2.07. The predicted octanol–water partition coefficient (Wildman–Crippen LogP) is 4.96. The quantitative estimate of drug-likeness (QED) is 0.788. The van der Waals surface area contributed by atoms with Crippen LogP contribution in [0, 0.1) is 0 Å². The van der Waals surface area contributed by atoms with Crippen LogP contribution < -0.4 is 5.32 Å². The van der Waals surface area contributed by atoms with E-state index in [-0.39, 0.29) is 5.91 Å². The van der Waals surface area contributed by atoms with Gasteiger partial charge in [-0.05, 0) is 41.3 Å². The van der Waals surface area contributed by atoms with Gasteiger partial charge in [-0.3, -0.25) is 4.79 Å². The summed E-state index contributed by atoms with van der Waals surface area (Å²) in [5.41, 5.74) is 3.92. The molecule has 20 heavy (non-hydrogen) atoms. The van der Waals surface area contributed by atoms with Gasteiger partial charge in [0.05, 0.1) is 0 Å². The first-order valence-corrected chi connectivity index (χ1v) is 7.78. The minimum atomic E-state index is -0.0769. The van der Waals surface area contributed by atoms with Gasteiger partial charge in [-0.25, -0.2) is 0 Å². The zero-order valence-electron chi connectivity index (χ0n) is 11.7. The zero-order valence-corrected chi connectivity index (χ0v) is 13.3. The lowest BCUT2D eigenvalue weighted by Crippen LogP contribution is -2.11. The number of carbonyl (C=O) groups is 1. The van der Waals surface area contributed by atoms with Crippen LogP contribution in [0.5, 0.6) is 0 Å². The first kappa shape index (κ1) is 14.8. The van der Waals surface area contributed by atoms with Gasteiger partial charge in [-0.15, -0.1) is 0 Å². The summed E-state index contributed by atoms with van der Waals surface area (Å²) in [5.74, 6) is 0.399. The normalized spacial score (nSPS) is 10.6. The Morgan fingerprint density at radius 1 is 1.05 bits per heavy atom. The second-order valence-electron chi connectivity index (χ2n) is 5.06. The summed E-state index contributed by atoms with van der Waals surface area (Å²) in [6.07, 6.45) is 0. The van der Waals surface area contributed by atoms with E-state index >= 15 is 0 Å². The van der Waals surface area contributed by atoms with Gasteiger partial charge in [0.1, 0.15) is 0 Å². The molecule has 0 bridgehead atoms. The summed E-state index contributed by atoms with van der Waals surface area (Å²) >= 11 is 3.40. The summed E-state index contributed by atoms with van der Waals surface area (Å²) in [6, 6.07) is 15.6. The van der Waals surface area contributed by atoms with Crippen molar-refractivity contribution in [1.82, 2.24) is 0 Å². The van der Waals surface area contributed by atoms with E-state index in [1.54, 1.807) is 0 Å². The molecule has 0 atom stereocenters. The van der Waals surface area contributed by atoms with Gasteiger partial charge >= 0.3 is 0 Å². The zero-order chi connectivity index (χ0) is 14.5. The van der Waals surface area contributed by atoms with Gasteiger partial charge in [0.25, 0.3) is 5.91 Å². The highest BCUT2D eigenvalue weighted by atomic mass is 79.9. The van der Waals surface area contributed by atoms with Gasteiger partial charge in [-0.1, -0.05) is 54.0 Å². The molecular weight excluding hydrogens is 314 g/mol. The average Bonchev–Trinajstić information content (AvgIpc) is 2.48. The fourth-order valence-electron chi connectivity index (χ4n) is 1.90. The first-order chi connectivity index (χ1) is 9.60. The van der Waals surface area contributed by atoms with Crippen LogP contribution in [0.15, 0.2) is 48.5 Å². The fourth-order valence-corrected chi connectivity index (χ4v) is 2.27. The highest BCUT2D eigenvalue weighted by molar-refractivity contribution is 9.08. The molecular formula is C17H18BrNO. The smallest absolute Gasteiger partial charge is 0.255 e. The van der Waals surface area contributed by atoms with Crippen LogP contribution >= 0.6 is 15.9 Å². The Morgan fingerprint density at radius 2 is 1.65 bits per heavy atom. The van der Waals surface area contributed by atoms with Crippen LogP contribution in [-0.2, 0) is 5.33 Å². The Hall–Kier alpha value is -1.61. The van der Waals surface area contributed by atoms with E-state index in [2.05, 4.69) is 35.1 Å². The lowest BCUT2D eigenvalue weighted by atomic mass is 10.0. The maximum atomic E-state index is 12.1. The van der Waals surface area contributed by atoms with Crippen molar-refractivity contribution in [3.8, 4) is 0 Å². The molecule has 3 heteroatoms. The van der Waals surface area contributed by atoms with Crippen LogP contribution in [-0.4, -0.2) is 5.91 Å². The second kappa shape index (κ2) is 6.71. The van der Waals surface area contributed by atoms with E-state index in [1.165, 1.54) is 11.1 Å². The molecule has 0 saturated heterocycles. The molecule has 1 N–H and O–H groups in total. The lowest BCUT2D eigenvalue weighted by molar-refractivity contribution is 0.102. The van der Waals surface area contributed by atoms with E-state index in [0.29, 0.717) is 11.5 Å². The SMILES string of the molecule is CC(C)c1ccc(C(=O)Nc2ccc(CBr)cc2)cc1. The van der Waals surface area contributed by atoms with Gasteiger partial charge in [0.2, 0.25) is 0 Å². The Kier molecular flexibility index (Phi) is 4.96. The molecule has 0 aliphatic rings. The number of halogens is 1. The van der Waals surface area contributed by atoms with Crippen LogP contribution in [0.25, 0.3) is 0 Å². The molecule has 0 aromatic heterocycles. The van der Waals surface area contributed by atoms with Crippen molar-refractivity contribution in [2.24, 2.45) is 0 Å². The Bertz CT molecular complexity index is 573. The molecule has 0 fully saturated rings. The Morgan fingerprint density at radius 3 is 2.15 bits per heavy atom. The minimum Gasteiger partial charge on any atom is -0.322 e. The molecule has 0 aliphatic heterocycles. The molecule has 0 saturated carbocycles. The maximum absolute atomic E-state index is 12.1. The van der Waals surface area contributed by atoms with Crippen molar-refractivity contribution in [1.29, 1.82) is 0 Å². The molecule has 0 spiro atoms. The Labute approximate surface area is 128 Å². The van der Waals surface area contributed by atoms with E-state index in [1.807, 2.05) is 48.5 Å². The van der Waals surface area contributed by atoms with Crippen molar-refractivity contribution in [2.75, 3.05) is 5.32 Å². The molecule has 0 unspecified atom stereocenters. The van der Waals surface area contributed by atoms with E-state index in [4.69, 9.17) is 0 Å². The third-order valence-electron chi connectivity index (χ3n) is 3.21.